The summed E-state index contributed by atoms with van der Waals surface area (Å²) in [6.45, 7) is 7.36. The molecule has 0 radical (unpaired) electrons. The highest BCUT2D eigenvalue weighted by Gasteiger charge is 2.38. The number of aliphatic imine (C=N–C) groups is 1. The van der Waals surface area contributed by atoms with E-state index in [1.54, 1.807) is 0 Å². The second-order valence-electron chi connectivity index (χ2n) is 18.3. The number of hydrogen-bond donors (Lipinski definition) is 2. The molecule has 3 aromatic rings. The van der Waals surface area contributed by atoms with Crippen molar-refractivity contribution in [1.82, 2.24) is 10.2 Å². The molecule has 7 nitrogen and oxygen atoms in total. The van der Waals surface area contributed by atoms with Gasteiger partial charge in [-0.25, -0.2) is 0 Å². The third-order valence-electron chi connectivity index (χ3n) is 13.5. The first-order valence-corrected chi connectivity index (χ1v) is 26.6. The highest BCUT2D eigenvalue weighted by atomic mass is 31.2. The van der Waals surface area contributed by atoms with Crippen LogP contribution in [0.5, 0.6) is 0 Å². The zero-order chi connectivity index (χ0) is 42.0. The molecule has 1 unspecified atom stereocenters. The van der Waals surface area contributed by atoms with Crippen LogP contribution in [0, 0.1) is 0 Å². The molecule has 8 heteroatoms. The summed E-state index contributed by atoms with van der Waals surface area (Å²) < 4.78 is 0. The van der Waals surface area contributed by atoms with Gasteiger partial charge in [-0.05, 0) is 104 Å². The predicted molar refractivity (Wildman–Crippen MR) is 256 cm³/mol. The van der Waals surface area contributed by atoms with Crippen LogP contribution in [0.4, 0.5) is 5.69 Å². The van der Waals surface area contributed by atoms with E-state index in [1.165, 1.54) is 113 Å². The van der Waals surface area contributed by atoms with E-state index in [9.17, 15) is 4.79 Å². The Morgan fingerprint density at radius 3 is 1.97 bits per heavy atom. The minimum Gasteiger partial charge on any atom is -0.428 e. The van der Waals surface area contributed by atoms with E-state index >= 15 is 4.79 Å². The van der Waals surface area contributed by atoms with Gasteiger partial charge in [0.1, 0.15) is 6.04 Å². The van der Waals surface area contributed by atoms with Crippen LogP contribution < -0.4 is 10.6 Å². The van der Waals surface area contributed by atoms with Crippen molar-refractivity contribution in [3.05, 3.63) is 106 Å². The fourth-order valence-corrected chi connectivity index (χ4v) is 14.9. The Morgan fingerprint density at radius 2 is 1.33 bits per heavy atom. The number of guanidine groups is 1. The Morgan fingerprint density at radius 1 is 0.733 bits per heavy atom. The van der Waals surface area contributed by atoms with Crippen molar-refractivity contribution >= 4 is 30.7 Å². The number of aryl methyl sites for hydroxylation is 1. The number of benzene rings is 3. The number of nitrogens with one attached hydrogen (secondary N) is 2. The van der Waals surface area contributed by atoms with E-state index < -0.39 is 19.3 Å². The number of hydrogen-bond acceptors (Lipinski definition) is 3. The van der Waals surface area contributed by atoms with Crippen molar-refractivity contribution in [1.29, 1.82) is 0 Å². The average Bonchev–Trinajstić information content (AvgIpc) is 3.29. The van der Waals surface area contributed by atoms with Gasteiger partial charge in [-0.15, -0.1) is 0 Å². The smallest absolute Gasteiger partial charge is 0.247 e. The van der Waals surface area contributed by atoms with Crippen LogP contribution in [0.1, 0.15) is 152 Å². The van der Waals surface area contributed by atoms with Crippen LogP contribution in [-0.2, 0) is 35.1 Å². The number of rotatable bonds is 20. The molecule has 0 bridgehead atoms. The molecule has 2 N–H and O–H groups in total. The highest BCUT2D eigenvalue weighted by molar-refractivity contribution is 7.75. The first-order chi connectivity index (χ1) is 29.4. The van der Waals surface area contributed by atoms with Gasteiger partial charge >= 0.3 is 0 Å². The maximum atomic E-state index is 15.2. The van der Waals surface area contributed by atoms with Crippen molar-refractivity contribution in [2.75, 3.05) is 23.8 Å². The minimum absolute atomic E-state index is 0.0577. The Bertz CT molecular complexity index is 1750. The Kier molecular flexibility index (Phi) is 18.4. The molecular formula is C52H76N5O2P. The third kappa shape index (κ3) is 13.7. The van der Waals surface area contributed by atoms with Gasteiger partial charge in [0.2, 0.25) is 11.8 Å². The molecule has 1 aliphatic heterocycles. The molecule has 326 valence electrons. The molecule has 0 saturated heterocycles. The Hall–Kier alpha value is -3.70. The van der Waals surface area contributed by atoms with E-state index in [0.717, 1.165) is 48.9 Å². The van der Waals surface area contributed by atoms with Crippen molar-refractivity contribution < 1.29 is 9.59 Å². The topological polar surface area (TPSA) is 87.9 Å². The van der Waals surface area contributed by atoms with Gasteiger partial charge in [-0.3, -0.25) is 9.59 Å². The maximum Gasteiger partial charge on any atom is 0.247 e. The monoisotopic (exact) mass is 834 g/mol. The van der Waals surface area contributed by atoms with E-state index in [2.05, 4.69) is 92.1 Å². The second kappa shape index (κ2) is 24.1. The molecule has 0 spiro atoms. The quantitative estimate of drug-likeness (QED) is 0.0675. The van der Waals surface area contributed by atoms with E-state index in [4.69, 9.17) is 10.3 Å². The molecule has 2 saturated carbocycles. The lowest BCUT2D eigenvalue weighted by Crippen LogP contribution is -2.57. The lowest BCUT2D eigenvalue weighted by molar-refractivity contribution is -0.141. The Labute approximate surface area is 364 Å². The molecule has 3 aromatic carbocycles. The molecule has 3 aliphatic rings. The average molecular weight is 834 g/mol. The first kappa shape index (κ1) is 45.8. The van der Waals surface area contributed by atoms with E-state index in [0.29, 0.717) is 25.3 Å². The lowest BCUT2D eigenvalue weighted by Gasteiger charge is -2.40. The first-order valence-electron chi connectivity index (χ1n) is 24.1. The zero-order valence-corrected chi connectivity index (χ0v) is 38.3. The summed E-state index contributed by atoms with van der Waals surface area (Å²) in [6, 6.07) is 26.6. The summed E-state index contributed by atoms with van der Waals surface area (Å²) >= 11 is 0. The van der Waals surface area contributed by atoms with Crippen LogP contribution in [0.3, 0.4) is 0 Å². The summed E-state index contributed by atoms with van der Waals surface area (Å²) in [4.78, 5) is 36.9. The van der Waals surface area contributed by atoms with Gasteiger partial charge in [-0.2, -0.15) is 0 Å². The fraction of sp³-hybridized carbons (Fsp3) is 0.596. The summed E-state index contributed by atoms with van der Waals surface area (Å²) in [5.74, 6) is 0.452. The van der Waals surface area contributed by atoms with Gasteiger partial charge in [0.05, 0.1) is 30.7 Å². The van der Waals surface area contributed by atoms with Crippen LogP contribution in [-0.4, -0.2) is 65.3 Å². The molecule has 1 heterocycles. The van der Waals surface area contributed by atoms with Gasteiger partial charge < -0.3 is 25.8 Å². The molecule has 2 atom stereocenters. The standard InChI is InChI=1S/C52H76N5O2P/c1-4-7-35-60(36-8-5-2,37-9-6-3)40-42-29-32-47(33-30-42)53-50(58)49-38-43-23-19-20-24-44(43)39-57(49)51(59)48(34-31-41-21-13-10-14-22-41)56-52(54-45-25-15-11-16-26-45)55-46-27-17-12-18-28-46/h10,13-14,19-24,29-30,32-33,45-46,48-49H,4-9,11-12,15-18,25-28,31,34-40H2,1-3H3,(H2-,53,54,55,56,58)/t48-,49?/m0/s1. The molecule has 0 aromatic heterocycles. The summed E-state index contributed by atoms with van der Waals surface area (Å²) in [5.41, 5.74) is 5.61. The predicted octanol–water partition coefficient (Wildman–Crippen LogP) is 12.5. The summed E-state index contributed by atoms with van der Waals surface area (Å²) in [5, 5.41) is 12.2. The number of unbranched alkanes of at least 4 members (excludes halogenated alkanes) is 3. The SMILES string of the molecule is CCCC[P+](CCCC)(CCCC)Cc1ccc(NC(=O)C2Cc3ccccc3CN2C(=O)[C@H](CCc2ccccc2)NC(=NC2CCCCC2)[N-]C2CCCCC2)cc1. The number of fused-ring (bicyclic) bond motifs is 1. The molecular weight excluding hydrogens is 758 g/mol. The normalized spacial score (nSPS) is 18.4. The zero-order valence-electron chi connectivity index (χ0n) is 37.4. The van der Waals surface area contributed by atoms with Gasteiger partial charge in [0.25, 0.3) is 0 Å². The molecule has 2 aliphatic carbocycles. The second-order valence-corrected chi connectivity index (χ2v) is 22.6. The van der Waals surface area contributed by atoms with E-state index in [-0.39, 0.29) is 23.9 Å². The number of carbonyl (C=O) groups is 2. The lowest BCUT2D eigenvalue weighted by atomic mass is 9.92. The molecule has 2 fully saturated rings. The van der Waals surface area contributed by atoms with Crippen LogP contribution >= 0.6 is 7.26 Å². The Balaban J connectivity index is 1.24. The van der Waals surface area contributed by atoms with Crippen molar-refractivity contribution in [3.63, 3.8) is 0 Å². The van der Waals surface area contributed by atoms with Gasteiger partial charge in [0, 0.05) is 31.9 Å². The van der Waals surface area contributed by atoms with Gasteiger partial charge in [-0.1, -0.05) is 145 Å². The third-order valence-corrected chi connectivity index (χ3v) is 18.3. The van der Waals surface area contributed by atoms with Crippen LogP contribution in [0.25, 0.3) is 5.32 Å². The largest absolute Gasteiger partial charge is 0.428 e. The van der Waals surface area contributed by atoms with Crippen molar-refractivity contribution in [2.24, 2.45) is 4.99 Å². The van der Waals surface area contributed by atoms with Crippen molar-refractivity contribution in [3.8, 4) is 0 Å². The van der Waals surface area contributed by atoms with Crippen LogP contribution in [0.15, 0.2) is 83.9 Å². The van der Waals surface area contributed by atoms with E-state index in [1.807, 2.05) is 23.1 Å². The van der Waals surface area contributed by atoms with Crippen LogP contribution in [0.2, 0.25) is 0 Å². The maximum absolute atomic E-state index is 15.2. The molecule has 2 amide bonds. The van der Waals surface area contributed by atoms with Crippen molar-refractivity contribution in [2.45, 2.75) is 180 Å². The number of nitrogens with zero attached hydrogens (tertiary/aromatic N) is 3. The summed E-state index contributed by atoms with van der Waals surface area (Å²) in [7, 11) is -1.10. The molecule has 60 heavy (non-hydrogen) atoms. The number of carbonyl (C=O) groups excluding carboxylic acids is 2. The highest BCUT2D eigenvalue weighted by Crippen LogP contribution is 2.63. The van der Waals surface area contributed by atoms with Gasteiger partial charge in [0.15, 0.2) is 0 Å². The fourth-order valence-electron chi connectivity index (χ4n) is 9.79. The minimum atomic E-state index is -1.10. The molecule has 6 rings (SSSR count). The number of amides is 2. The number of anilines is 1. The summed E-state index contributed by atoms with van der Waals surface area (Å²) in [6.07, 6.45) is 26.4.